The normalized spacial score (nSPS) is 15.6. The lowest BCUT2D eigenvalue weighted by Gasteiger charge is -2.21. The van der Waals surface area contributed by atoms with Crippen LogP contribution < -0.4 is 9.04 Å². The summed E-state index contributed by atoms with van der Waals surface area (Å²) >= 11 is 0. The van der Waals surface area contributed by atoms with Crippen molar-refractivity contribution in [2.75, 3.05) is 17.5 Å². The van der Waals surface area contributed by atoms with Gasteiger partial charge < -0.3 is 9.84 Å². The van der Waals surface area contributed by atoms with E-state index in [1.165, 1.54) is 22.0 Å². The lowest BCUT2D eigenvalue weighted by atomic mass is 9.85. The molecule has 0 aliphatic carbocycles. The summed E-state index contributed by atoms with van der Waals surface area (Å²) in [6, 6.07) is 19.2. The van der Waals surface area contributed by atoms with Crippen molar-refractivity contribution in [3.63, 3.8) is 0 Å². The van der Waals surface area contributed by atoms with E-state index in [2.05, 4.69) is 65.0 Å². The van der Waals surface area contributed by atoms with Gasteiger partial charge >= 0.3 is 5.97 Å². The summed E-state index contributed by atoms with van der Waals surface area (Å²) in [5, 5.41) is 8.86. The summed E-state index contributed by atoms with van der Waals surface area (Å²) in [7, 11) is -3.83. The predicted octanol–water partition coefficient (Wildman–Crippen LogP) is 6.37. The number of hydrogen-bond donors (Lipinski definition) is 1. The van der Waals surface area contributed by atoms with Crippen molar-refractivity contribution < 1.29 is 23.1 Å². The van der Waals surface area contributed by atoms with Gasteiger partial charge in [-0.1, -0.05) is 65.0 Å². The molecule has 7 heteroatoms. The molecule has 0 saturated heterocycles. The maximum absolute atomic E-state index is 13.8. The third-order valence-electron chi connectivity index (χ3n) is 7.03. The molecule has 0 amide bonds. The highest BCUT2D eigenvalue weighted by Crippen LogP contribution is 2.45. The first-order valence-corrected chi connectivity index (χ1v) is 14.0. The first kappa shape index (κ1) is 26.7. The van der Waals surface area contributed by atoms with Crippen LogP contribution in [0.25, 0.3) is 11.1 Å². The number of aliphatic carboxylic acids is 1. The predicted molar refractivity (Wildman–Crippen MR) is 147 cm³/mol. The Labute approximate surface area is 220 Å². The fourth-order valence-electron chi connectivity index (χ4n) is 4.80. The first-order chi connectivity index (χ1) is 17.3. The molecule has 1 aliphatic heterocycles. The van der Waals surface area contributed by atoms with E-state index in [9.17, 15) is 13.2 Å². The first-order valence-electron chi connectivity index (χ1n) is 12.5. The molecule has 37 heavy (non-hydrogen) atoms. The number of ether oxygens (including phenoxy) is 1. The molecule has 0 saturated carbocycles. The van der Waals surface area contributed by atoms with Crippen LogP contribution in [-0.2, 0) is 20.2 Å². The molecule has 0 bridgehead atoms. The number of hydrogen-bond acceptors (Lipinski definition) is 4. The van der Waals surface area contributed by atoms with Gasteiger partial charge in [0.2, 0.25) is 0 Å². The van der Waals surface area contributed by atoms with E-state index >= 15 is 0 Å². The molecular weight excluding hydrogens is 486 g/mol. The lowest BCUT2D eigenvalue weighted by Crippen LogP contribution is -2.30. The fourth-order valence-corrected chi connectivity index (χ4v) is 6.41. The molecular formula is C30H35NO5S. The standard InChI is InChI=1S/C30H35NO5S/c1-19(2)26-17-31(37(34,35)24-12-14-28(20(3)15-24)36-18-29(32)33)27-13-9-22(16-25(26)27)21-7-10-23(11-8-21)30(4,5)6/h7-16,19,26H,17-18H2,1-6H3,(H,32,33). The van der Waals surface area contributed by atoms with E-state index in [1.807, 2.05) is 12.1 Å². The zero-order valence-electron chi connectivity index (χ0n) is 22.3. The van der Waals surface area contributed by atoms with Crippen molar-refractivity contribution in [2.24, 2.45) is 5.92 Å². The van der Waals surface area contributed by atoms with E-state index in [-0.39, 0.29) is 22.1 Å². The second-order valence-electron chi connectivity index (χ2n) is 11.1. The minimum absolute atomic E-state index is 0.0674. The van der Waals surface area contributed by atoms with Crippen LogP contribution in [0, 0.1) is 12.8 Å². The van der Waals surface area contributed by atoms with Crippen LogP contribution in [0.5, 0.6) is 5.75 Å². The van der Waals surface area contributed by atoms with Crippen molar-refractivity contribution in [3.8, 4) is 16.9 Å². The number of fused-ring (bicyclic) bond motifs is 1. The van der Waals surface area contributed by atoms with Crippen molar-refractivity contribution in [1.29, 1.82) is 0 Å². The number of benzene rings is 3. The molecule has 3 aromatic carbocycles. The number of anilines is 1. The minimum Gasteiger partial charge on any atom is -0.482 e. The van der Waals surface area contributed by atoms with Gasteiger partial charge in [-0.15, -0.1) is 0 Å². The Bertz CT molecular complexity index is 1420. The van der Waals surface area contributed by atoms with Crippen LogP contribution >= 0.6 is 0 Å². The van der Waals surface area contributed by atoms with Gasteiger partial charge in [0.1, 0.15) is 5.75 Å². The van der Waals surface area contributed by atoms with Crippen molar-refractivity contribution in [3.05, 3.63) is 77.4 Å². The lowest BCUT2D eigenvalue weighted by molar-refractivity contribution is -0.139. The van der Waals surface area contributed by atoms with E-state index in [0.717, 1.165) is 16.7 Å². The molecule has 1 atom stereocenters. The number of sulfonamides is 1. The van der Waals surface area contributed by atoms with Gasteiger partial charge in [-0.05, 0) is 76.4 Å². The number of carbonyl (C=O) groups is 1. The Kier molecular flexibility index (Phi) is 7.12. The summed E-state index contributed by atoms with van der Waals surface area (Å²) < 4.78 is 34.3. The van der Waals surface area contributed by atoms with Crippen molar-refractivity contribution in [2.45, 2.75) is 57.8 Å². The number of carboxylic acid groups (broad SMARTS) is 1. The van der Waals surface area contributed by atoms with Gasteiger partial charge in [0.25, 0.3) is 10.0 Å². The van der Waals surface area contributed by atoms with E-state index in [4.69, 9.17) is 9.84 Å². The Morgan fingerprint density at radius 2 is 1.68 bits per heavy atom. The third kappa shape index (κ3) is 5.37. The smallest absolute Gasteiger partial charge is 0.341 e. The van der Waals surface area contributed by atoms with Crippen molar-refractivity contribution >= 4 is 21.7 Å². The average molecular weight is 522 g/mol. The van der Waals surface area contributed by atoms with Gasteiger partial charge in [0.05, 0.1) is 10.6 Å². The molecule has 3 aromatic rings. The SMILES string of the molecule is Cc1cc(S(=O)(=O)N2CC(C(C)C)c3cc(-c4ccc(C(C)(C)C)cc4)ccc32)ccc1OCC(=O)O. The van der Waals surface area contributed by atoms with Gasteiger partial charge in [0.15, 0.2) is 6.61 Å². The minimum atomic E-state index is -3.83. The van der Waals surface area contributed by atoms with Crippen LogP contribution in [0.15, 0.2) is 65.6 Å². The number of carboxylic acids is 1. The molecule has 1 N–H and O–H groups in total. The highest BCUT2D eigenvalue weighted by Gasteiger charge is 2.38. The number of nitrogens with zero attached hydrogens (tertiary/aromatic N) is 1. The second-order valence-corrected chi connectivity index (χ2v) is 13.0. The van der Waals surface area contributed by atoms with Crippen LogP contribution in [0.1, 0.15) is 57.2 Å². The highest BCUT2D eigenvalue weighted by atomic mass is 32.2. The van der Waals surface area contributed by atoms with Crippen LogP contribution in [0.4, 0.5) is 5.69 Å². The van der Waals surface area contributed by atoms with Gasteiger partial charge in [-0.3, -0.25) is 4.31 Å². The summed E-state index contributed by atoms with van der Waals surface area (Å²) in [6.45, 7) is 12.4. The maximum atomic E-state index is 13.8. The van der Waals surface area contributed by atoms with E-state index < -0.39 is 22.6 Å². The molecule has 0 aromatic heterocycles. The number of aryl methyl sites for hydroxylation is 1. The second kappa shape index (κ2) is 9.86. The Balaban J connectivity index is 1.69. The molecule has 0 radical (unpaired) electrons. The largest absolute Gasteiger partial charge is 0.482 e. The van der Waals surface area contributed by atoms with Crippen LogP contribution in [-0.4, -0.2) is 32.6 Å². The summed E-state index contributed by atoms with van der Waals surface area (Å²) in [4.78, 5) is 11.0. The highest BCUT2D eigenvalue weighted by molar-refractivity contribution is 7.92. The van der Waals surface area contributed by atoms with Gasteiger partial charge in [-0.2, -0.15) is 0 Å². The molecule has 1 heterocycles. The van der Waals surface area contributed by atoms with Crippen LogP contribution in [0.3, 0.4) is 0 Å². The summed E-state index contributed by atoms with van der Waals surface area (Å²) in [6.07, 6.45) is 0. The molecule has 6 nitrogen and oxygen atoms in total. The number of rotatable bonds is 7. The van der Waals surface area contributed by atoms with Gasteiger partial charge in [0, 0.05) is 12.5 Å². The average Bonchev–Trinajstić information content (AvgIpc) is 3.23. The Morgan fingerprint density at radius 3 is 2.24 bits per heavy atom. The molecule has 0 fully saturated rings. The Morgan fingerprint density at radius 1 is 1.03 bits per heavy atom. The Hall–Kier alpha value is -3.32. The maximum Gasteiger partial charge on any atom is 0.341 e. The fraction of sp³-hybridized carbons (Fsp3) is 0.367. The van der Waals surface area contributed by atoms with Gasteiger partial charge in [-0.25, -0.2) is 13.2 Å². The summed E-state index contributed by atoms with van der Waals surface area (Å²) in [5.74, 6) is -0.414. The molecule has 0 spiro atoms. The molecule has 1 unspecified atom stereocenters. The topological polar surface area (TPSA) is 83.9 Å². The van der Waals surface area contributed by atoms with E-state index in [0.29, 0.717) is 23.5 Å². The zero-order chi connectivity index (χ0) is 27.1. The quantitative estimate of drug-likeness (QED) is 0.390. The van der Waals surface area contributed by atoms with Crippen LogP contribution in [0.2, 0.25) is 0 Å². The monoisotopic (exact) mass is 521 g/mol. The molecule has 196 valence electrons. The van der Waals surface area contributed by atoms with E-state index in [1.54, 1.807) is 13.0 Å². The third-order valence-corrected chi connectivity index (χ3v) is 8.81. The van der Waals surface area contributed by atoms with Crippen molar-refractivity contribution in [1.82, 2.24) is 0 Å². The summed E-state index contributed by atoms with van der Waals surface area (Å²) in [5.41, 5.74) is 5.83. The molecule has 4 rings (SSSR count). The zero-order valence-corrected chi connectivity index (χ0v) is 23.1. The molecule has 1 aliphatic rings.